The number of nitrogens with two attached hydrogens (primary N) is 3. The van der Waals surface area contributed by atoms with Crippen molar-refractivity contribution in [1.29, 1.82) is 0 Å². The smallest absolute Gasteiger partial charge is 0.322 e. The first kappa shape index (κ1) is 26.5. The molecule has 0 aliphatic heterocycles. The summed E-state index contributed by atoms with van der Waals surface area (Å²) in [5.41, 5.74) is 16.3. The minimum absolute atomic E-state index is 0.0721. The quantitative estimate of drug-likeness (QED) is 0.0651. The van der Waals surface area contributed by atoms with E-state index in [-0.39, 0.29) is 30.6 Å². The van der Waals surface area contributed by atoms with E-state index in [4.69, 9.17) is 22.3 Å². The number of carbonyl (C=O) groups excluding carboxylic acids is 3. The lowest BCUT2D eigenvalue weighted by atomic mass is 10.0. The summed E-state index contributed by atoms with van der Waals surface area (Å²) in [7, 11) is 0. The van der Waals surface area contributed by atoms with Gasteiger partial charge in [-0.15, -0.1) is 0 Å². The average Bonchev–Trinajstić information content (AvgIpc) is 2.64. The average molecular weight is 434 g/mol. The molecule has 10 N–H and O–H groups in total. The monoisotopic (exact) mass is 433 g/mol. The van der Waals surface area contributed by atoms with Crippen molar-refractivity contribution in [1.82, 2.24) is 16.0 Å². The van der Waals surface area contributed by atoms with E-state index < -0.39 is 48.4 Å². The molecule has 13 heteroatoms. The van der Waals surface area contributed by atoms with Crippen molar-refractivity contribution in [3.8, 4) is 0 Å². The Morgan fingerprint density at radius 1 is 1.03 bits per heavy atom. The van der Waals surface area contributed by atoms with Crippen LogP contribution in [0.5, 0.6) is 0 Å². The maximum absolute atomic E-state index is 12.6. The highest BCUT2D eigenvalue weighted by molar-refractivity contribution is 7.80. The number of thiol groups is 1. The number of guanidine groups is 1. The Hall–Kier alpha value is -2.54. The van der Waals surface area contributed by atoms with E-state index in [2.05, 4.69) is 33.6 Å². The number of aliphatic imine (C=N–C) groups is 1. The van der Waals surface area contributed by atoms with Crippen molar-refractivity contribution < 1.29 is 24.3 Å². The van der Waals surface area contributed by atoms with Crippen LogP contribution >= 0.6 is 12.6 Å². The number of carbonyl (C=O) groups is 4. The molecule has 0 saturated heterocycles. The molecule has 0 aliphatic carbocycles. The van der Waals surface area contributed by atoms with Gasteiger partial charge < -0.3 is 38.3 Å². The zero-order chi connectivity index (χ0) is 22.6. The molecule has 0 radical (unpaired) electrons. The molecule has 3 amide bonds. The molecule has 3 unspecified atom stereocenters. The summed E-state index contributed by atoms with van der Waals surface area (Å²) >= 11 is 4.00. The van der Waals surface area contributed by atoms with Gasteiger partial charge in [-0.2, -0.15) is 12.6 Å². The van der Waals surface area contributed by atoms with Gasteiger partial charge in [0.1, 0.15) is 18.6 Å². The van der Waals surface area contributed by atoms with E-state index in [0.717, 1.165) is 0 Å². The number of carboxylic acids is 1. The van der Waals surface area contributed by atoms with Crippen LogP contribution < -0.4 is 33.2 Å². The van der Waals surface area contributed by atoms with Crippen molar-refractivity contribution in [2.45, 2.75) is 44.8 Å². The number of rotatable bonds is 13. The molecule has 29 heavy (non-hydrogen) atoms. The molecule has 0 aliphatic rings. The third kappa shape index (κ3) is 11.1. The Bertz CT molecular complexity index is 610. The van der Waals surface area contributed by atoms with Crippen LogP contribution in [0.15, 0.2) is 4.99 Å². The SMILES string of the molecule is CC(C)C(N)C(=O)NC(CCCN=C(N)N)C(=O)NC(CS)C(=O)NCC(=O)O. The second kappa shape index (κ2) is 13.6. The first-order chi connectivity index (χ1) is 13.5. The molecule has 0 fully saturated rings. The topological polar surface area (TPSA) is 215 Å². The van der Waals surface area contributed by atoms with Crippen LogP contribution in [0.1, 0.15) is 26.7 Å². The molecule has 0 bridgehead atoms. The van der Waals surface area contributed by atoms with Crippen LogP contribution in [0.3, 0.4) is 0 Å². The van der Waals surface area contributed by atoms with Crippen molar-refractivity contribution in [2.75, 3.05) is 18.8 Å². The predicted molar refractivity (Wildman–Crippen MR) is 111 cm³/mol. The molecule has 0 rings (SSSR count). The van der Waals surface area contributed by atoms with Gasteiger partial charge >= 0.3 is 5.97 Å². The number of hydrogen-bond acceptors (Lipinski definition) is 7. The van der Waals surface area contributed by atoms with Gasteiger partial charge in [0, 0.05) is 12.3 Å². The largest absolute Gasteiger partial charge is 0.480 e. The molecule has 0 saturated carbocycles. The fourth-order valence-electron chi connectivity index (χ4n) is 2.10. The van der Waals surface area contributed by atoms with Crippen LogP contribution in [0.2, 0.25) is 0 Å². The van der Waals surface area contributed by atoms with E-state index in [9.17, 15) is 19.2 Å². The molecular weight excluding hydrogens is 402 g/mol. The standard InChI is InChI=1S/C16H31N7O5S/c1-8(2)12(17)15(28)22-9(4-3-5-20-16(18)19)14(27)23-10(7-29)13(26)21-6-11(24)25/h8-10,12,29H,3-7,17H2,1-2H3,(H,21,26)(H,22,28)(H,23,27)(H,24,25)(H4,18,19,20). The first-order valence-electron chi connectivity index (χ1n) is 9.01. The number of hydrogen-bond donors (Lipinski definition) is 8. The highest BCUT2D eigenvalue weighted by atomic mass is 32.1. The van der Waals surface area contributed by atoms with Crippen molar-refractivity contribution in [3.05, 3.63) is 0 Å². The summed E-state index contributed by atoms with van der Waals surface area (Å²) in [6, 6.07) is -2.89. The van der Waals surface area contributed by atoms with Gasteiger partial charge in [-0.05, 0) is 18.8 Å². The van der Waals surface area contributed by atoms with Crippen LogP contribution in [0.25, 0.3) is 0 Å². The molecule has 166 valence electrons. The Morgan fingerprint density at radius 3 is 2.10 bits per heavy atom. The highest BCUT2D eigenvalue weighted by Crippen LogP contribution is 2.04. The van der Waals surface area contributed by atoms with Crippen LogP contribution in [-0.2, 0) is 19.2 Å². The third-order valence-corrected chi connectivity index (χ3v) is 4.19. The Balaban J connectivity index is 5.12. The van der Waals surface area contributed by atoms with E-state index >= 15 is 0 Å². The van der Waals surface area contributed by atoms with Crippen LogP contribution in [-0.4, -0.2) is 71.7 Å². The Kier molecular flexibility index (Phi) is 12.4. The zero-order valence-corrected chi connectivity index (χ0v) is 17.4. The van der Waals surface area contributed by atoms with Gasteiger partial charge in [0.05, 0.1) is 6.04 Å². The second-order valence-corrected chi connectivity index (χ2v) is 7.00. The summed E-state index contributed by atoms with van der Waals surface area (Å²) in [6.07, 6.45) is 0.569. The summed E-state index contributed by atoms with van der Waals surface area (Å²) in [5.74, 6) is -3.40. The number of aliphatic carboxylic acids is 1. The fourth-order valence-corrected chi connectivity index (χ4v) is 2.35. The lowest BCUT2D eigenvalue weighted by Crippen LogP contribution is -2.57. The summed E-state index contributed by atoms with van der Waals surface area (Å²) in [4.78, 5) is 51.3. The molecule has 0 spiro atoms. The van der Waals surface area contributed by atoms with Crippen LogP contribution in [0.4, 0.5) is 0 Å². The number of amides is 3. The molecule has 3 atom stereocenters. The van der Waals surface area contributed by atoms with Crippen LogP contribution in [0, 0.1) is 5.92 Å². The molecule has 0 aromatic carbocycles. The summed E-state index contributed by atoms with van der Waals surface area (Å²) < 4.78 is 0. The maximum atomic E-state index is 12.6. The van der Waals surface area contributed by atoms with Gasteiger partial charge in [-0.25, -0.2) is 0 Å². The summed E-state index contributed by atoms with van der Waals surface area (Å²) in [5, 5.41) is 15.8. The maximum Gasteiger partial charge on any atom is 0.322 e. The molecule has 12 nitrogen and oxygen atoms in total. The van der Waals surface area contributed by atoms with E-state index in [1.54, 1.807) is 13.8 Å². The lowest BCUT2D eigenvalue weighted by molar-refractivity contribution is -0.138. The highest BCUT2D eigenvalue weighted by Gasteiger charge is 2.28. The third-order valence-electron chi connectivity index (χ3n) is 3.83. The van der Waals surface area contributed by atoms with E-state index in [1.807, 2.05) is 0 Å². The number of carboxylic acid groups (broad SMARTS) is 1. The van der Waals surface area contributed by atoms with Gasteiger partial charge in [0.15, 0.2) is 5.96 Å². The van der Waals surface area contributed by atoms with Gasteiger partial charge in [-0.1, -0.05) is 13.8 Å². The molecule has 0 aromatic rings. The van der Waals surface area contributed by atoms with Crippen molar-refractivity contribution >= 4 is 42.3 Å². The van der Waals surface area contributed by atoms with Crippen molar-refractivity contribution in [2.24, 2.45) is 28.1 Å². The minimum Gasteiger partial charge on any atom is -0.480 e. The second-order valence-electron chi connectivity index (χ2n) is 6.64. The van der Waals surface area contributed by atoms with Gasteiger partial charge in [0.2, 0.25) is 17.7 Å². The number of nitrogens with one attached hydrogen (secondary N) is 3. The van der Waals surface area contributed by atoms with E-state index in [1.165, 1.54) is 0 Å². The number of nitrogens with zero attached hydrogens (tertiary/aromatic N) is 1. The fraction of sp³-hybridized carbons (Fsp3) is 0.688. The predicted octanol–water partition coefficient (Wildman–Crippen LogP) is -2.88. The Morgan fingerprint density at radius 2 is 1.62 bits per heavy atom. The Labute approximate surface area is 174 Å². The normalized spacial score (nSPS) is 13.7. The van der Waals surface area contributed by atoms with Crippen molar-refractivity contribution in [3.63, 3.8) is 0 Å². The van der Waals surface area contributed by atoms with E-state index in [0.29, 0.717) is 6.42 Å². The van der Waals surface area contributed by atoms with Gasteiger partial charge in [0.25, 0.3) is 0 Å². The zero-order valence-electron chi connectivity index (χ0n) is 16.6. The molecule has 0 aromatic heterocycles. The molecule has 0 heterocycles. The minimum atomic E-state index is -1.23. The van der Waals surface area contributed by atoms with Gasteiger partial charge in [-0.3, -0.25) is 24.2 Å². The lowest BCUT2D eigenvalue weighted by Gasteiger charge is -2.24. The summed E-state index contributed by atoms with van der Waals surface area (Å²) in [6.45, 7) is 3.18. The molecular formula is C16H31N7O5S. The first-order valence-corrected chi connectivity index (χ1v) is 9.64.